The molecule has 1 amide bonds. The third kappa shape index (κ3) is 5.30. The molecular weight excluding hydrogens is 290 g/mol. The molecular formula is C18H29N3O2. The van der Waals surface area contributed by atoms with E-state index in [4.69, 9.17) is 5.73 Å². The van der Waals surface area contributed by atoms with E-state index in [1.807, 2.05) is 18.2 Å². The third-order valence-electron chi connectivity index (χ3n) is 4.51. The van der Waals surface area contributed by atoms with Crippen LogP contribution in [0.15, 0.2) is 24.3 Å². The molecule has 128 valence electrons. The van der Waals surface area contributed by atoms with E-state index in [0.29, 0.717) is 5.56 Å². The van der Waals surface area contributed by atoms with Crippen molar-refractivity contribution in [3.05, 3.63) is 35.4 Å². The molecule has 0 saturated carbocycles. The predicted octanol–water partition coefficient (Wildman–Crippen LogP) is 1.31. The fourth-order valence-electron chi connectivity index (χ4n) is 2.73. The second-order valence-electron chi connectivity index (χ2n) is 7.52. The Labute approximate surface area is 139 Å². The van der Waals surface area contributed by atoms with E-state index in [0.717, 1.165) is 44.8 Å². The van der Waals surface area contributed by atoms with Crippen LogP contribution in [0.25, 0.3) is 0 Å². The van der Waals surface area contributed by atoms with Gasteiger partial charge in [0.1, 0.15) is 0 Å². The lowest BCUT2D eigenvalue weighted by molar-refractivity contribution is 0.0126. The molecule has 23 heavy (non-hydrogen) atoms. The highest BCUT2D eigenvalue weighted by Crippen LogP contribution is 2.20. The molecule has 0 unspecified atom stereocenters. The number of piperazine rings is 1. The maximum Gasteiger partial charge on any atom is 0.248 e. The molecule has 1 aliphatic rings. The largest absolute Gasteiger partial charge is 0.391 e. The van der Waals surface area contributed by atoms with Gasteiger partial charge in [0.25, 0.3) is 0 Å². The molecule has 0 aliphatic carbocycles. The van der Waals surface area contributed by atoms with Crippen LogP contribution in [0, 0.1) is 5.41 Å². The summed E-state index contributed by atoms with van der Waals surface area (Å²) in [6, 6.07) is 7.53. The monoisotopic (exact) mass is 319 g/mol. The number of β-amino-alcohol motifs (C(OH)–C–C–N with tert-alkyl or cyclic N) is 1. The zero-order valence-electron chi connectivity index (χ0n) is 14.5. The number of carbonyl (C=O) groups is 1. The van der Waals surface area contributed by atoms with Crippen LogP contribution in [0.1, 0.15) is 36.7 Å². The van der Waals surface area contributed by atoms with Crippen LogP contribution in [0.4, 0.5) is 0 Å². The van der Waals surface area contributed by atoms with Crippen molar-refractivity contribution in [1.29, 1.82) is 0 Å². The average molecular weight is 319 g/mol. The van der Waals surface area contributed by atoms with E-state index in [9.17, 15) is 9.90 Å². The molecule has 1 atom stereocenters. The summed E-state index contributed by atoms with van der Waals surface area (Å²) in [5.41, 5.74) is 6.93. The van der Waals surface area contributed by atoms with Crippen LogP contribution in [-0.2, 0) is 6.54 Å². The molecule has 0 aromatic heterocycles. The minimum atomic E-state index is -0.382. The molecule has 3 N–H and O–H groups in total. The number of hydrogen-bond acceptors (Lipinski definition) is 4. The van der Waals surface area contributed by atoms with E-state index in [1.165, 1.54) is 0 Å². The number of benzene rings is 1. The van der Waals surface area contributed by atoms with Gasteiger partial charge in [-0.1, -0.05) is 32.9 Å². The Hall–Kier alpha value is -1.43. The Morgan fingerprint density at radius 1 is 1.22 bits per heavy atom. The number of nitrogens with two attached hydrogens (primary N) is 1. The van der Waals surface area contributed by atoms with Crippen LogP contribution < -0.4 is 5.73 Å². The second kappa shape index (κ2) is 7.43. The van der Waals surface area contributed by atoms with Gasteiger partial charge < -0.3 is 10.8 Å². The van der Waals surface area contributed by atoms with Crippen LogP contribution >= 0.6 is 0 Å². The first-order chi connectivity index (χ1) is 10.8. The summed E-state index contributed by atoms with van der Waals surface area (Å²) in [5.74, 6) is -0.382. The number of hydrogen-bond donors (Lipinski definition) is 2. The maximum absolute atomic E-state index is 11.3. The smallest absolute Gasteiger partial charge is 0.248 e. The average Bonchev–Trinajstić information content (AvgIpc) is 2.48. The zero-order chi connectivity index (χ0) is 17.0. The molecule has 0 spiro atoms. The first-order valence-corrected chi connectivity index (χ1v) is 8.27. The van der Waals surface area contributed by atoms with Gasteiger partial charge in [-0.2, -0.15) is 0 Å². The first-order valence-electron chi connectivity index (χ1n) is 8.27. The molecule has 0 radical (unpaired) electrons. The summed E-state index contributed by atoms with van der Waals surface area (Å²) in [4.78, 5) is 16.0. The molecule has 1 heterocycles. The van der Waals surface area contributed by atoms with E-state index >= 15 is 0 Å². The van der Waals surface area contributed by atoms with Gasteiger partial charge in [-0.3, -0.25) is 14.6 Å². The SMILES string of the molecule is CC(C)(C)[C@@H](O)CN1CCN(Cc2cccc(C(N)=O)c2)CC1. The van der Waals surface area contributed by atoms with E-state index in [2.05, 4.69) is 30.6 Å². The highest BCUT2D eigenvalue weighted by Gasteiger charge is 2.26. The van der Waals surface area contributed by atoms with Crippen LogP contribution in [0.2, 0.25) is 0 Å². The van der Waals surface area contributed by atoms with Crippen LogP contribution in [-0.4, -0.2) is 59.6 Å². The van der Waals surface area contributed by atoms with Crippen molar-refractivity contribution in [3.63, 3.8) is 0 Å². The van der Waals surface area contributed by atoms with Gasteiger partial charge in [0.05, 0.1) is 6.10 Å². The number of primary amides is 1. The van der Waals surface area contributed by atoms with E-state index < -0.39 is 0 Å². The Balaban J connectivity index is 1.83. The minimum absolute atomic E-state index is 0.0770. The Kier molecular flexibility index (Phi) is 5.79. The van der Waals surface area contributed by atoms with Gasteiger partial charge in [-0.25, -0.2) is 0 Å². The fraction of sp³-hybridized carbons (Fsp3) is 0.611. The summed E-state index contributed by atoms with van der Waals surface area (Å²) in [5, 5.41) is 10.2. The van der Waals surface area contributed by atoms with Crippen molar-refractivity contribution in [2.75, 3.05) is 32.7 Å². The molecule has 5 nitrogen and oxygen atoms in total. The summed E-state index contributed by atoms with van der Waals surface area (Å²) in [6.45, 7) is 11.6. The highest BCUT2D eigenvalue weighted by molar-refractivity contribution is 5.92. The molecule has 0 bridgehead atoms. The van der Waals surface area contributed by atoms with Crippen molar-refractivity contribution < 1.29 is 9.90 Å². The van der Waals surface area contributed by atoms with Gasteiger partial charge in [-0.15, -0.1) is 0 Å². The van der Waals surface area contributed by atoms with E-state index in [-0.39, 0.29) is 17.4 Å². The number of aliphatic hydroxyl groups excluding tert-OH is 1. The molecule has 1 fully saturated rings. The fourth-order valence-corrected chi connectivity index (χ4v) is 2.73. The lowest BCUT2D eigenvalue weighted by Gasteiger charge is -2.38. The first kappa shape index (κ1) is 17.9. The molecule has 1 saturated heterocycles. The summed E-state index contributed by atoms with van der Waals surface area (Å²) < 4.78 is 0. The second-order valence-corrected chi connectivity index (χ2v) is 7.52. The van der Waals surface area contributed by atoms with Gasteiger partial charge in [-0.05, 0) is 23.1 Å². The number of rotatable bonds is 5. The van der Waals surface area contributed by atoms with Crippen LogP contribution in [0.5, 0.6) is 0 Å². The van der Waals surface area contributed by atoms with Crippen molar-refractivity contribution in [3.8, 4) is 0 Å². The topological polar surface area (TPSA) is 69.8 Å². The van der Waals surface area contributed by atoms with Crippen molar-refractivity contribution in [2.45, 2.75) is 33.4 Å². The lowest BCUT2D eigenvalue weighted by atomic mass is 9.89. The van der Waals surface area contributed by atoms with Gasteiger partial charge >= 0.3 is 0 Å². The Morgan fingerprint density at radius 2 is 1.83 bits per heavy atom. The van der Waals surface area contributed by atoms with Gasteiger partial charge in [0, 0.05) is 44.8 Å². The molecule has 1 aromatic rings. The quantitative estimate of drug-likeness (QED) is 0.858. The maximum atomic E-state index is 11.3. The summed E-state index contributed by atoms with van der Waals surface area (Å²) in [7, 11) is 0. The number of aliphatic hydroxyl groups is 1. The third-order valence-corrected chi connectivity index (χ3v) is 4.51. The van der Waals surface area contributed by atoms with Crippen molar-refractivity contribution >= 4 is 5.91 Å². The molecule has 1 aromatic carbocycles. The summed E-state index contributed by atoms with van der Waals surface area (Å²) >= 11 is 0. The normalized spacial score (nSPS) is 18.8. The predicted molar refractivity (Wildman–Crippen MR) is 92.1 cm³/mol. The molecule has 5 heteroatoms. The zero-order valence-corrected chi connectivity index (χ0v) is 14.5. The minimum Gasteiger partial charge on any atom is -0.391 e. The molecule has 1 aliphatic heterocycles. The standard InChI is InChI=1S/C18H29N3O2/c1-18(2,3)16(22)13-21-9-7-20(8-10-21)12-14-5-4-6-15(11-14)17(19)23/h4-6,11,16,22H,7-10,12-13H2,1-3H3,(H2,19,23)/t16-/m0/s1. The highest BCUT2D eigenvalue weighted by atomic mass is 16.3. The molecule has 2 rings (SSSR count). The summed E-state index contributed by atoms with van der Waals surface area (Å²) in [6.07, 6.45) is -0.304. The van der Waals surface area contributed by atoms with Crippen molar-refractivity contribution in [1.82, 2.24) is 9.80 Å². The van der Waals surface area contributed by atoms with Gasteiger partial charge in [0.2, 0.25) is 5.91 Å². The van der Waals surface area contributed by atoms with Crippen LogP contribution in [0.3, 0.4) is 0 Å². The Bertz CT molecular complexity index is 531. The van der Waals surface area contributed by atoms with E-state index in [1.54, 1.807) is 6.07 Å². The Morgan fingerprint density at radius 3 is 2.39 bits per heavy atom. The lowest BCUT2D eigenvalue weighted by Crippen LogP contribution is -2.49. The number of nitrogens with zero attached hydrogens (tertiary/aromatic N) is 2. The number of carbonyl (C=O) groups excluding carboxylic acids is 1. The van der Waals surface area contributed by atoms with Crippen molar-refractivity contribution in [2.24, 2.45) is 11.1 Å². The number of amides is 1. The van der Waals surface area contributed by atoms with Gasteiger partial charge in [0.15, 0.2) is 0 Å².